The summed E-state index contributed by atoms with van der Waals surface area (Å²) in [7, 11) is 0. The Hall–Kier alpha value is -1.91. The molecule has 0 aliphatic heterocycles. The number of imidazole rings is 1. The van der Waals surface area contributed by atoms with Crippen molar-refractivity contribution in [3.63, 3.8) is 0 Å². The van der Waals surface area contributed by atoms with Gasteiger partial charge in [0.15, 0.2) is 0 Å². The third-order valence-corrected chi connectivity index (χ3v) is 2.38. The zero-order chi connectivity index (χ0) is 11.0. The topological polar surface area (TPSA) is 71.8 Å². The molecule has 1 heterocycles. The van der Waals surface area contributed by atoms with Crippen LogP contribution in [0.25, 0.3) is 11.0 Å². The molecule has 0 aliphatic carbocycles. The second-order valence-corrected chi connectivity index (χ2v) is 3.45. The number of nitrogens with zero attached hydrogens (tertiary/aromatic N) is 2. The van der Waals surface area contributed by atoms with Crippen molar-refractivity contribution in [2.75, 3.05) is 0 Å². The lowest BCUT2D eigenvalue weighted by Crippen LogP contribution is -1.91. The van der Waals surface area contributed by atoms with Gasteiger partial charge in [-0.3, -0.25) is 10.1 Å². The molecule has 0 atom stereocenters. The molecule has 2 rings (SSSR count). The average Bonchev–Trinajstić information content (AvgIpc) is 2.58. The lowest BCUT2D eigenvalue weighted by atomic mass is 10.2. The van der Waals surface area contributed by atoms with E-state index < -0.39 is 0 Å². The predicted molar refractivity (Wildman–Crippen MR) is 56.9 cm³/mol. The van der Waals surface area contributed by atoms with Gasteiger partial charge in [0.25, 0.3) is 5.69 Å². The van der Waals surface area contributed by atoms with Crippen molar-refractivity contribution in [1.82, 2.24) is 9.97 Å². The number of aromatic nitrogens is 2. The molecule has 0 amide bonds. The molecule has 15 heavy (non-hydrogen) atoms. The Kier molecular flexibility index (Phi) is 2.15. The van der Waals surface area contributed by atoms with E-state index in [1.54, 1.807) is 13.0 Å². The van der Waals surface area contributed by atoms with E-state index in [1.165, 1.54) is 6.07 Å². The number of nitro groups is 1. The smallest absolute Gasteiger partial charge is 0.274 e. The van der Waals surface area contributed by atoms with Crippen molar-refractivity contribution in [3.8, 4) is 0 Å². The van der Waals surface area contributed by atoms with Crippen LogP contribution in [0.5, 0.6) is 0 Å². The Bertz CT molecular complexity index is 531. The third-order valence-electron chi connectivity index (χ3n) is 2.38. The third kappa shape index (κ3) is 1.56. The number of fused-ring (bicyclic) bond motifs is 1. The number of hydrogen-bond donors (Lipinski definition) is 1. The van der Waals surface area contributed by atoms with Gasteiger partial charge in [0, 0.05) is 18.1 Å². The van der Waals surface area contributed by atoms with E-state index in [1.807, 2.05) is 6.92 Å². The van der Waals surface area contributed by atoms with Crippen LogP contribution in [0.2, 0.25) is 0 Å². The Morgan fingerprint density at radius 1 is 1.53 bits per heavy atom. The molecule has 1 N–H and O–H groups in total. The number of rotatable bonds is 2. The number of hydrogen-bond acceptors (Lipinski definition) is 3. The van der Waals surface area contributed by atoms with Crippen LogP contribution < -0.4 is 0 Å². The van der Waals surface area contributed by atoms with Crippen LogP contribution in [0.4, 0.5) is 5.69 Å². The largest absolute Gasteiger partial charge is 0.342 e. The second kappa shape index (κ2) is 3.34. The molecule has 78 valence electrons. The SMILES string of the molecule is CCc1nc2cc(C)c([N+](=O)[O-])cc2[nH]1. The predicted octanol–water partition coefficient (Wildman–Crippen LogP) is 2.34. The number of benzene rings is 1. The van der Waals surface area contributed by atoms with Gasteiger partial charge in [-0.1, -0.05) is 6.92 Å². The average molecular weight is 205 g/mol. The fourth-order valence-corrected chi connectivity index (χ4v) is 1.57. The number of H-pyrrole nitrogens is 1. The lowest BCUT2D eigenvalue weighted by Gasteiger charge is -1.95. The van der Waals surface area contributed by atoms with Gasteiger partial charge < -0.3 is 4.98 Å². The van der Waals surface area contributed by atoms with Crippen LogP contribution >= 0.6 is 0 Å². The Morgan fingerprint density at radius 2 is 2.27 bits per heavy atom. The van der Waals surface area contributed by atoms with Crippen molar-refractivity contribution >= 4 is 16.7 Å². The summed E-state index contributed by atoms with van der Waals surface area (Å²) >= 11 is 0. The van der Waals surface area contributed by atoms with Gasteiger partial charge in [-0.25, -0.2) is 4.98 Å². The molecule has 2 aromatic rings. The molecule has 5 heteroatoms. The molecule has 5 nitrogen and oxygen atoms in total. The first-order valence-corrected chi connectivity index (χ1v) is 4.75. The molecule has 0 unspecified atom stereocenters. The fourth-order valence-electron chi connectivity index (χ4n) is 1.57. The summed E-state index contributed by atoms with van der Waals surface area (Å²) in [5.41, 5.74) is 2.29. The maximum absolute atomic E-state index is 10.7. The van der Waals surface area contributed by atoms with Crippen molar-refractivity contribution in [2.24, 2.45) is 0 Å². The highest BCUT2D eigenvalue weighted by Gasteiger charge is 2.13. The standard InChI is InChI=1S/C10H11N3O2/c1-3-10-11-7-4-6(2)9(13(14)15)5-8(7)12-10/h4-5H,3H2,1-2H3,(H,11,12). The first-order chi connectivity index (χ1) is 7.11. The first-order valence-electron chi connectivity index (χ1n) is 4.75. The van der Waals surface area contributed by atoms with E-state index in [2.05, 4.69) is 9.97 Å². The highest BCUT2D eigenvalue weighted by Crippen LogP contribution is 2.23. The van der Waals surface area contributed by atoms with Crippen molar-refractivity contribution in [3.05, 3.63) is 33.6 Å². The van der Waals surface area contributed by atoms with Crippen LogP contribution in [-0.2, 0) is 6.42 Å². The molecule has 1 aromatic carbocycles. The maximum Gasteiger partial charge on any atom is 0.274 e. The molecule has 1 aromatic heterocycles. The number of aromatic amines is 1. The molecule has 0 radical (unpaired) electrons. The summed E-state index contributed by atoms with van der Waals surface area (Å²) < 4.78 is 0. The van der Waals surface area contributed by atoms with E-state index >= 15 is 0 Å². The monoisotopic (exact) mass is 205 g/mol. The molecular formula is C10H11N3O2. The van der Waals surface area contributed by atoms with Gasteiger partial charge in [0.2, 0.25) is 0 Å². The van der Waals surface area contributed by atoms with Gasteiger partial charge in [-0.15, -0.1) is 0 Å². The fraction of sp³-hybridized carbons (Fsp3) is 0.300. The van der Waals surface area contributed by atoms with Crippen LogP contribution in [0, 0.1) is 17.0 Å². The van der Waals surface area contributed by atoms with E-state index in [0.717, 1.165) is 23.3 Å². The van der Waals surface area contributed by atoms with Crippen LogP contribution in [0.15, 0.2) is 12.1 Å². The van der Waals surface area contributed by atoms with E-state index in [0.29, 0.717) is 5.56 Å². The molecule has 0 saturated carbocycles. The molecule has 0 bridgehead atoms. The van der Waals surface area contributed by atoms with E-state index in [9.17, 15) is 10.1 Å². The van der Waals surface area contributed by atoms with Gasteiger partial charge in [-0.2, -0.15) is 0 Å². The lowest BCUT2D eigenvalue weighted by molar-refractivity contribution is -0.385. The van der Waals surface area contributed by atoms with E-state index in [4.69, 9.17) is 0 Å². The summed E-state index contributed by atoms with van der Waals surface area (Å²) in [6, 6.07) is 3.28. The minimum atomic E-state index is -0.374. The number of aryl methyl sites for hydroxylation is 2. The quantitative estimate of drug-likeness (QED) is 0.604. The molecule has 0 saturated heterocycles. The normalized spacial score (nSPS) is 10.8. The van der Waals surface area contributed by atoms with Gasteiger partial charge in [0.1, 0.15) is 5.82 Å². The molecular weight excluding hydrogens is 194 g/mol. The second-order valence-electron chi connectivity index (χ2n) is 3.45. The minimum Gasteiger partial charge on any atom is -0.342 e. The zero-order valence-corrected chi connectivity index (χ0v) is 8.57. The van der Waals surface area contributed by atoms with Crippen LogP contribution in [0.3, 0.4) is 0 Å². The molecule has 0 spiro atoms. The van der Waals surface area contributed by atoms with Crippen LogP contribution in [-0.4, -0.2) is 14.9 Å². The maximum atomic E-state index is 10.7. The summed E-state index contributed by atoms with van der Waals surface area (Å²) in [5.74, 6) is 0.852. The van der Waals surface area contributed by atoms with Gasteiger partial charge in [0.05, 0.1) is 16.0 Å². The first kappa shape index (κ1) is 9.64. The highest BCUT2D eigenvalue weighted by molar-refractivity contribution is 5.79. The van der Waals surface area contributed by atoms with Gasteiger partial charge >= 0.3 is 0 Å². The summed E-state index contributed by atoms with van der Waals surface area (Å²) in [6.07, 6.45) is 0.793. The van der Waals surface area contributed by atoms with Crippen LogP contribution in [0.1, 0.15) is 18.3 Å². The van der Waals surface area contributed by atoms with Gasteiger partial charge in [-0.05, 0) is 13.0 Å². The van der Waals surface area contributed by atoms with Crippen molar-refractivity contribution < 1.29 is 4.92 Å². The molecule has 0 aliphatic rings. The zero-order valence-electron chi connectivity index (χ0n) is 8.57. The van der Waals surface area contributed by atoms with E-state index in [-0.39, 0.29) is 10.6 Å². The number of nitrogens with one attached hydrogen (secondary N) is 1. The van der Waals surface area contributed by atoms with Crippen molar-refractivity contribution in [2.45, 2.75) is 20.3 Å². The minimum absolute atomic E-state index is 0.133. The summed E-state index contributed by atoms with van der Waals surface area (Å²) in [5, 5.41) is 10.7. The number of nitro benzene ring substituents is 1. The summed E-state index contributed by atoms with van der Waals surface area (Å²) in [4.78, 5) is 17.7. The Balaban J connectivity index is 2.68. The highest BCUT2D eigenvalue weighted by atomic mass is 16.6. The summed E-state index contributed by atoms with van der Waals surface area (Å²) in [6.45, 7) is 3.71. The van der Waals surface area contributed by atoms with Crippen molar-refractivity contribution in [1.29, 1.82) is 0 Å². The molecule has 0 fully saturated rings. The Labute approximate surface area is 86.3 Å². The Morgan fingerprint density at radius 3 is 2.87 bits per heavy atom.